The number of amides is 1. The van der Waals surface area contributed by atoms with E-state index in [0.717, 1.165) is 22.8 Å². The first-order chi connectivity index (χ1) is 14.7. The van der Waals surface area contributed by atoms with Crippen LogP contribution in [0.4, 0.5) is 10.5 Å². The number of methoxy groups -OCH3 is 1. The van der Waals surface area contributed by atoms with Crippen molar-refractivity contribution in [1.82, 2.24) is 0 Å². The van der Waals surface area contributed by atoms with Gasteiger partial charge in [-0.15, -0.1) is 0 Å². The first-order valence-electron chi connectivity index (χ1n) is 9.99. The van der Waals surface area contributed by atoms with Crippen molar-refractivity contribution in [3.63, 3.8) is 0 Å². The summed E-state index contributed by atoms with van der Waals surface area (Å²) in [5.41, 5.74) is 4.10. The monoisotopic (exact) mass is 403 g/mol. The van der Waals surface area contributed by atoms with E-state index in [1.807, 2.05) is 30.3 Å². The van der Waals surface area contributed by atoms with E-state index in [-0.39, 0.29) is 0 Å². The van der Waals surface area contributed by atoms with E-state index < -0.39 is 6.09 Å². The van der Waals surface area contributed by atoms with Gasteiger partial charge in [0.15, 0.2) is 0 Å². The zero-order valence-corrected chi connectivity index (χ0v) is 17.2. The summed E-state index contributed by atoms with van der Waals surface area (Å²) in [5, 5.41) is 1.11. The first-order valence-corrected chi connectivity index (χ1v) is 9.99. The smallest absolute Gasteiger partial charge is 0.438 e. The molecule has 1 saturated carbocycles. The lowest BCUT2D eigenvalue weighted by Gasteiger charge is -2.21. The number of para-hydroxylation sites is 1. The standard InChI is InChI=1S/C25H25NO4/c1-28-25(27)26(29-2)24-14-7-6-11-20(24)17-30-21-13-8-12-19(15-21)23-16-22(23)18-9-4-3-5-10-18/h3-15,22-23H,16-17H2,1-2H3. The molecule has 4 rings (SSSR count). The number of benzene rings is 3. The molecule has 0 bridgehead atoms. The number of carbonyl (C=O) groups is 1. The van der Waals surface area contributed by atoms with Crippen molar-refractivity contribution in [2.24, 2.45) is 0 Å². The van der Waals surface area contributed by atoms with Crippen LogP contribution in [-0.2, 0) is 16.2 Å². The molecule has 1 fully saturated rings. The average molecular weight is 403 g/mol. The summed E-state index contributed by atoms with van der Waals surface area (Å²) >= 11 is 0. The van der Waals surface area contributed by atoms with Gasteiger partial charge in [-0.25, -0.2) is 4.79 Å². The van der Waals surface area contributed by atoms with Crippen molar-refractivity contribution in [2.75, 3.05) is 19.3 Å². The first kappa shape index (κ1) is 20.0. The molecule has 1 amide bonds. The molecule has 1 aliphatic rings. The molecular weight excluding hydrogens is 378 g/mol. The molecule has 3 aromatic rings. The van der Waals surface area contributed by atoms with E-state index in [1.165, 1.54) is 25.3 Å². The molecular formula is C25H25NO4. The molecule has 0 aliphatic heterocycles. The van der Waals surface area contributed by atoms with Crippen LogP contribution in [0.2, 0.25) is 0 Å². The quantitative estimate of drug-likeness (QED) is 0.477. The number of rotatable bonds is 7. The van der Waals surface area contributed by atoms with Gasteiger partial charge in [-0.2, -0.15) is 5.06 Å². The molecule has 5 nitrogen and oxygen atoms in total. The van der Waals surface area contributed by atoms with Crippen molar-refractivity contribution in [3.05, 3.63) is 95.6 Å². The lowest BCUT2D eigenvalue weighted by Crippen LogP contribution is -2.30. The van der Waals surface area contributed by atoms with Crippen molar-refractivity contribution < 1.29 is 19.1 Å². The predicted molar refractivity (Wildman–Crippen MR) is 116 cm³/mol. The number of nitrogens with zero attached hydrogens (tertiary/aromatic N) is 1. The Morgan fingerprint density at radius 3 is 2.37 bits per heavy atom. The molecule has 1 aliphatic carbocycles. The minimum absolute atomic E-state index is 0.309. The van der Waals surface area contributed by atoms with Crippen LogP contribution in [0.25, 0.3) is 0 Å². The Bertz CT molecular complexity index is 1000. The van der Waals surface area contributed by atoms with Crippen LogP contribution < -0.4 is 9.80 Å². The van der Waals surface area contributed by atoms with Crippen LogP contribution in [0, 0.1) is 0 Å². The third-order valence-electron chi connectivity index (χ3n) is 5.43. The van der Waals surface area contributed by atoms with Crippen molar-refractivity contribution in [1.29, 1.82) is 0 Å². The molecule has 30 heavy (non-hydrogen) atoms. The minimum Gasteiger partial charge on any atom is -0.489 e. The lowest BCUT2D eigenvalue weighted by atomic mass is 10.0. The molecule has 2 unspecified atom stereocenters. The van der Waals surface area contributed by atoms with Gasteiger partial charge in [-0.05, 0) is 47.6 Å². The molecule has 0 heterocycles. The second-order valence-electron chi connectivity index (χ2n) is 7.30. The molecule has 0 saturated heterocycles. The summed E-state index contributed by atoms with van der Waals surface area (Å²) in [7, 11) is 2.75. The number of ether oxygens (including phenoxy) is 2. The number of hydrogen-bond acceptors (Lipinski definition) is 4. The number of hydroxylamine groups is 1. The van der Waals surface area contributed by atoms with Crippen LogP contribution >= 0.6 is 0 Å². The SMILES string of the molecule is COC(=O)N(OC)c1ccccc1COc1cccc(C2CC2c2ccccc2)c1. The molecule has 0 spiro atoms. The zero-order valence-electron chi connectivity index (χ0n) is 17.2. The Morgan fingerprint density at radius 2 is 1.60 bits per heavy atom. The third-order valence-corrected chi connectivity index (χ3v) is 5.43. The van der Waals surface area contributed by atoms with Crippen molar-refractivity contribution >= 4 is 11.8 Å². The van der Waals surface area contributed by atoms with Gasteiger partial charge in [0.1, 0.15) is 12.4 Å². The summed E-state index contributed by atoms with van der Waals surface area (Å²) < 4.78 is 10.9. The van der Waals surface area contributed by atoms with Gasteiger partial charge in [0.25, 0.3) is 0 Å². The normalized spacial score (nSPS) is 17.3. The Labute approximate surface area is 176 Å². The Balaban J connectivity index is 1.46. The average Bonchev–Trinajstić information content (AvgIpc) is 3.61. The fraction of sp³-hybridized carbons (Fsp3) is 0.240. The summed E-state index contributed by atoms with van der Waals surface area (Å²) in [6.07, 6.45) is 0.575. The number of anilines is 1. The largest absolute Gasteiger partial charge is 0.489 e. The molecule has 2 atom stereocenters. The molecule has 0 N–H and O–H groups in total. The summed E-state index contributed by atoms with van der Waals surface area (Å²) in [6.45, 7) is 0.309. The fourth-order valence-electron chi connectivity index (χ4n) is 3.81. The highest BCUT2D eigenvalue weighted by atomic mass is 16.7. The van der Waals surface area contributed by atoms with Gasteiger partial charge in [0.2, 0.25) is 0 Å². The van der Waals surface area contributed by atoms with Gasteiger partial charge in [0.05, 0.1) is 19.9 Å². The minimum atomic E-state index is -0.590. The lowest BCUT2D eigenvalue weighted by molar-refractivity contribution is 0.115. The van der Waals surface area contributed by atoms with Crippen LogP contribution in [-0.4, -0.2) is 20.3 Å². The van der Waals surface area contributed by atoms with Gasteiger partial charge >= 0.3 is 6.09 Å². The third kappa shape index (κ3) is 4.31. The number of carbonyl (C=O) groups excluding carboxylic acids is 1. The molecule has 0 aromatic heterocycles. The van der Waals surface area contributed by atoms with Crippen LogP contribution in [0.5, 0.6) is 5.75 Å². The van der Waals surface area contributed by atoms with E-state index in [0.29, 0.717) is 24.1 Å². The van der Waals surface area contributed by atoms with E-state index in [2.05, 4.69) is 42.5 Å². The topological polar surface area (TPSA) is 48.0 Å². The maximum atomic E-state index is 12.0. The molecule has 0 radical (unpaired) electrons. The fourth-order valence-corrected chi connectivity index (χ4v) is 3.81. The van der Waals surface area contributed by atoms with E-state index in [9.17, 15) is 4.79 Å². The molecule has 3 aromatic carbocycles. The van der Waals surface area contributed by atoms with Crippen LogP contribution in [0.3, 0.4) is 0 Å². The summed E-state index contributed by atoms with van der Waals surface area (Å²) in [5.74, 6) is 1.92. The summed E-state index contributed by atoms with van der Waals surface area (Å²) in [6, 6.07) is 26.4. The van der Waals surface area contributed by atoms with Gasteiger partial charge in [-0.1, -0.05) is 60.7 Å². The number of hydrogen-bond donors (Lipinski definition) is 0. The highest BCUT2D eigenvalue weighted by molar-refractivity contribution is 5.86. The zero-order chi connectivity index (χ0) is 20.9. The second-order valence-corrected chi connectivity index (χ2v) is 7.30. The Morgan fingerprint density at radius 1 is 0.900 bits per heavy atom. The van der Waals surface area contributed by atoms with Crippen molar-refractivity contribution in [2.45, 2.75) is 24.9 Å². The molecule has 5 heteroatoms. The van der Waals surface area contributed by atoms with E-state index in [4.69, 9.17) is 14.3 Å². The van der Waals surface area contributed by atoms with E-state index in [1.54, 1.807) is 6.07 Å². The van der Waals surface area contributed by atoms with E-state index >= 15 is 0 Å². The van der Waals surface area contributed by atoms with Crippen LogP contribution in [0.1, 0.15) is 34.9 Å². The highest BCUT2D eigenvalue weighted by Gasteiger charge is 2.39. The van der Waals surface area contributed by atoms with Gasteiger partial charge in [0, 0.05) is 5.56 Å². The maximum Gasteiger partial charge on any atom is 0.438 e. The molecule has 154 valence electrons. The summed E-state index contributed by atoms with van der Waals surface area (Å²) in [4.78, 5) is 17.2. The second kappa shape index (κ2) is 9.01. The van der Waals surface area contributed by atoms with Crippen LogP contribution in [0.15, 0.2) is 78.9 Å². The Hall–Kier alpha value is -3.31. The van der Waals surface area contributed by atoms with Gasteiger partial charge in [-0.3, -0.25) is 4.84 Å². The highest BCUT2D eigenvalue weighted by Crippen LogP contribution is 2.54. The van der Waals surface area contributed by atoms with Gasteiger partial charge < -0.3 is 9.47 Å². The maximum absolute atomic E-state index is 12.0. The Kier molecular flexibility index (Phi) is 6.00. The van der Waals surface area contributed by atoms with Crippen molar-refractivity contribution in [3.8, 4) is 5.75 Å². The predicted octanol–water partition coefficient (Wildman–Crippen LogP) is 5.67.